The monoisotopic (exact) mass is 294 g/mol. The second-order valence-electron chi connectivity index (χ2n) is 3.79. The molecule has 0 atom stereocenters. The van der Waals surface area contributed by atoms with E-state index in [1.54, 1.807) is 0 Å². The van der Waals surface area contributed by atoms with E-state index in [0.29, 0.717) is 0 Å². The summed E-state index contributed by atoms with van der Waals surface area (Å²) in [6.45, 7) is 0. The number of rotatable bonds is 5. The van der Waals surface area contributed by atoms with Crippen LogP contribution in [0, 0.1) is 10.1 Å². The summed E-state index contributed by atoms with van der Waals surface area (Å²) < 4.78 is 15.2. The standard InChI is InChI=1S/C12H10N2O7/c1-19-8-6-7(2-3-9(15)16)11(14(17)18)13-10(8)12-20-4-5-21-12/h2-6,12H,1H3,(H,15,16). The van der Waals surface area contributed by atoms with E-state index in [-0.39, 0.29) is 17.0 Å². The molecule has 0 radical (unpaired) electrons. The Balaban J connectivity index is 2.51. The molecule has 1 N–H and O–H groups in total. The van der Waals surface area contributed by atoms with Gasteiger partial charge in [-0.1, -0.05) is 0 Å². The number of nitro groups is 1. The third-order valence-electron chi connectivity index (χ3n) is 2.51. The van der Waals surface area contributed by atoms with Crippen LogP contribution in [-0.4, -0.2) is 28.1 Å². The first-order chi connectivity index (χ1) is 10.0. The summed E-state index contributed by atoms with van der Waals surface area (Å²) in [7, 11) is 1.35. The summed E-state index contributed by atoms with van der Waals surface area (Å²) >= 11 is 0. The number of hydrogen-bond donors (Lipinski definition) is 1. The maximum Gasteiger partial charge on any atom is 0.371 e. The molecule has 0 spiro atoms. The number of hydrogen-bond acceptors (Lipinski definition) is 7. The van der Waals surface area contributed by atoms with Crippen molar-refractivity contribution in [2.24, 2.45) is 0 Å². The van der Waals surface area contributed by atoms with Crippen LogP contribution < -0.4 is 4.74 Å². The Morgan fingerprint density at radius 1 is 1.52 bits per heavy atom. The molecule has 0 aromatic carbocycles. The van der Waals surface area contributed by atoms with Crippen molar-refractivity contribution in [3.05, 3.63) is 46.0 Å². The fraction of sp³-hybridized carbons (Fsp3) is 0.167. The number of carbonyl (C=O) groups is 1. The molecule has 1 aliphatic heterocycles. The van der Waals surface area contributed by atoms with Gasteiger partial charge in [0.25, 0.3) is 5.69 Å². The second kappa shape index (κ2) is 5.90. The lowest BCUT2D eigenvalue weighted by atomic mass is 10.2. The van der Waals surface area contributed by atoms with E-state index < -0.39 is 23.0 Å². The largest absolute Gasteiger partial charge is 0.492 e. The fourth-order valence-corrected chi connectivity index (χ4v) is 1.64. The summed E-state index contributed by atoms with van der Waals surface area (Å²) in [5, 5.41) is 19.7. The molecule has 2 heterocycles. The van der Waals surface area contributed by atoms with Crippen molar-refractivity contribution in [3.8, 4) is 5.75 Å². The molecule has 9 heteroatoms. The first-order valence-corrected chi connectivity index (χ1v) is 5.63. The number of aliphatic carboxylic acids is 1. The number of carboxylic acid groups (broad SMARTS) is 1. The van der Waals surface area contributed by atoms with Gasteiger partial charge in [-0.25, -0.2) is 4.79 Å². The molecular weight excluding hydrogens is 284 g/mol. The van der Waals surface area contributed by atoms with Gasteiger partial charge >= 0.3 is 18.1 Å². The van der Waals surface area contributed by atoms with Crippen LogP contribution >= 0.6 is 0 Å². The molecule has 0 bridgehead atoms. The van der Waals surface area contributed by atoms with Gasteiger partial charge < -0.3 is 29.4 Å². The van der Waals surface area contributed by atoms with Crippen LogP contribution in [0.3, 0.4) is 0 Å². The van der Waals surface area contributed by atoms with Gasteiger partial charge in [-0.15, -0.1) is 0 Å². The maximum absolute atomic E-state index is 11.1. The first-order valence-electron chi connectivity index (χ1n) is 5.63. The van der Waals surface area contributed by atoms with E-state index in [2.05, 4.69) is 4.98 Å². The molecule has 1 aliphatic rings. The Morgan fingerprint density at radius 2 is 2.19 bits per heavy atom. The molecular formula is C12H10N2O7. The quantitative estimate of drug-likeness (QED) is 0.494. The number of nitrogens with zero attached hydrogens (tertiary/aromatic N) is 2. The fourth-order valence-electron chi connectivity index (χ4n) is 1.64. The Kier molecular flexibility index (Phi) is 4.02. The van der Waals surface area contributed by atoms with E-state index in [4.69, 9.17) is 19.3 Å². The van der Waals surface area contributed by atoms with E-state index in [0.717, 1.165) is 12.2 Å². The van der Waals surface area contributed by atoms with Crippen molar-refractivity contribution in [1.29, 1.82) is 0 Å². The Hall–Kier alpha value is -3.10. The summed E-state index contributed by atoms with van der Waals surface area (Å²) in [6.07, 6.45) is 3.43. The third kappa shape index (κ3) is 3.08. The van der Waals surface area contributed by atoms with Crippen molar-refractivity contribution in [1.82, 2.24) is 4.98 Å². The molecule has 0 unspecified atom stereocenters. The van der Waals surface area contributed by atoms with Gasteiger partial charge in [-0.3, -0.25) is 0 Å². The van der Waals surface area contributed by atoms with E-state index in [1.165, 1.54) is 25.7 Å². The highest BCUT2D eigenvalue weighted by atomic mass is 16.7. The van der Waals surface area contributed by atoms with Gasteiger partial charge in [0.05, 0.1) is 12.7 Å². The molecule has 0 saturated heterocycles. The Bertz CT molecular complexity index is 631. The zero-order chi connectivity index (χ0) is 15.4. The highest BCUT2D eigenvalue weighted by molar-refractivity contribution is 5.86. The number of ether oxygens (including phenoxy) is 3. The van der Waals surface area contributed by atoms with Crippen LogP contribution in [0.25, 0.3) is 6.08 Å². The molecule has 2 rings (SSSR count). The summed E-state index contributed by atoms with van der Waals surface area (Å²) in [6, 6.07) is 1.30. The molecule has 0 aliphatic carbocycles. The molecule has 21 heavy (non-hydrogen) atoms. The minimum absolute atomic E-state index is 0.00560. The zero-order valence-electron chi connectivity index (χ0n) is 10.8. The zero-order valence-corrected chi connectivity index (χ0v) is 10.8. The molecule has 110 valence electrons. The normalized spacial score (nSPS) is 14.0. The summed E-state index contributed by atoms with van der Waals surface area (Å²) in [4.78, 5) is 24.7. The molecule has 0 fully saturated rings. The topological polar surface area (TPSA) is 121 Å². The molecule has 1 aromatic heterocycles. The van der Waals surface area contributed by atoms with Crippen LogP contribution in [-0.2, 0) is 14.3 Å². The van der Waals surface area contributed by atoms with Crippen LogP contribution in [0.1, 0.15) is 17.5 Å². The van der Waals surface area contributed by atoms with Gasteiger partial charge in [-0.05, 0) is 16.0 Å². The maximum atomic E-state index is 11.1. The first kappa shape index (κ1) is 14.3. The highest BCUT2D eigenvalue weighted by Crippen LogP contribution is 2.34. The number of methoxy groups -OCH3 is 1. The number of carboxylic acids is 1. The van der Waals surface area contributed by atoms with Gasteiger partial charge in [0, 0.05) is 12.1 Å². The minimum Gasteiger partial charge on any atom is -0.492 e. The lowest BCUT2D eigenvalue weighted by Gasteiger charge is -2.11. The molecule has 0 saturated carbocycles. The van der Waals surface area contributed by atoms with Crippen LogP contribution in [0.15, 0.2) is 24.7 Å². The van der Waals surface area contributed by atoms with Crippen molar-refractivity contribution < 1.29 is 29.0 Å². The van der Waals surface area contributed by atoms with Gasteiger partial charge in [0.2, 0.25) is 0 Å². The summed E-state index contributed by atoms with van der Waals surface area (Å²) in [5.74, 6) is -1.58. The van der Waals surface area contributed by atoms with Crippen LogP contribution in [0.5, 0.6) is 5.75 Å². The average molecular weight is 294 g/mol. The number of pyridine rings is 1. The van der Waals surface area contributed by atoms with Gasteiger partial charge in [-0.2, -0.15) is 0 Å². The van der Waals surface area contributed by atoms with E-state index in [1.807, 2.05) is 0 Å². The van der Waals surface area contributed by atoms with Gasteiger partial charge in [0.15, 0.2) is 5.75 Å². The molecule has 0 amide bonds. The predicted octanol–water partition coefficient (Wildman–Crippen LogP) is 1.61. The van der Waals surface area contributed by atoms with Crippen molar-refractivity contribution in [2.45, 2.75) is 6.29 Å². The van der Waals surface area contributed by atoms with Gasteiger partial charge in [0.1, 0.15) is 12.5 Å². The van der Waals surface area contributed by atoms with Crippen molar-refractivity contribution >= 4 is 17.9 Å². The number of aromatic nitrogens is 1. The third-order valence-corrected chi connectivity index (χ3v) is 2.51. The second-order valence-corrected chi connectivity index (χ2v) is 3.79. The molecule has 9 nitrogen and oxygen atoms in total. The van der Waals surface area contributed by atoms with E-state index in [9.17, 15) is 14.9 Å². The minimum atomic E-state index is -1.24. The SMILES string of the molecule is COc1cc(C=CC(=O)O)c([N+](=O)[O-])nc1C1OC=CO1. The van der Waals surface area contributed by atoms with E-state index >= 15 is 0 Å². The Morgan fingerprint density at radius 3 is 2.71 bits per heavy atom. The summed E-state index contributed by atoms with van der Waals surface area (Å²) in [5.41, 5.74) is 0.0793. The van der Waals surface area contributed by atoms with Crippen molar-refractivity contribution in [3.63, 3.8) is 0 Å². The van der Waals surface area contributed by atoms with Crippen LogP contribution in [0.4, 0.5) is 5.82 Å². The predicted molar refractivity (Wildman–Crippen MR) is 68.2 cm³/mol. The van der Waals surface area contributed by atoms with Crippen LogP contribution in [0.2, 0.25) is 0 Å². The lowest BCUT2D eigenvalue weighted by Crippen LogP contribution is -2.08. The molecule has 1 aromatic rings. The highest BCUT2D eigenvalue weighted by Gasteiger charge is 2.31. The average Bonchev–Trinajstić information content (AvgIpc) is 2.97. The smallest absolute Gasteiger partial charge is 0.371 e. The van der Waals surface area contributed by atoms with Crippen molar-refractivity contribution in [2.75, 3.05) is 7.11 Å². The Labute approximate surface area is 118 Å². The lowest BCUT2D eigenvalue weighted by molar-refractivity contribution is -0.390.